The fraction of sp³-hybridized carbons (Fsp3) is 0.538. The van der Waals surface area contributed by atoms with Crippen molar-refractivity contribution < 1.29 is 9.90 Å². The van der Waals surface area contributed by atoms with Gasteiger partial charge in [0.15, 0.2) is 0 Å². The van der Waals surface area contributed by atoms with E-state index in [0.717, 1.165) is 25.1 Å². The van der Waals surface area contributed by atoms with Crippen LogP contribution in [0.4, 0.5) is 0 Å². The summed E-state index contributed by atoms with van der Waals surface area (Å²) >= 11 is 6.07. The minimum Gasteiger partial charge on any atom is -0.396 e. The Hall–Kier alpha value is -1.13. The van der Waals surface area contributed by atoms with E-state index in [4.69, 9.17) is 16.7 Å². The maximum atomic E-state index is 12.3. The Morgan fingerprint density at radius 3 is 3.11 bits per heavy atom. The maximum absolute atomic E-state index is 12.3. The number of aromatic nitrogens is 1. The van der Waals surface area contributed by atoms with E-state index < -0.39 is 0 Å². The summed E-state index contributed by atoms with van der Waals surface area (Å²) < 4.78 is 0. The molecule has 0 bridgehead atoms. The molecule has 1 unspecified atom stereocenters. The zero-order valence-electron chi connectivity index (χ0n) is 10.4. The van der Waals surface area contributed by atoms with Gasteiger partial charge in [-0.2, -0.15) is 0 Å². The Kier molecular flexibility index (Phi) is 4.19. The Morgan fingerprint density at radius 2 is 2.44 bits per heavy atom. The van der Waals surface area contributed by atoms with Gasteiger partial charge in [0.05, 0.1) is 10.6 Å². The molecule has 1 saturated heterocycles. The smallest absolute Gasteiger partial charge is 0.256 e. The monoisotopic (exact) mass is 268 g/mol. The molecule has 1 amide bonds. The van der Waals surface area contributed by atoms with E-state index in [1.165, 1.54) is 0 Å². The van der Waals surface area contributed by atoms with Crippen molar-refractivity contribution in [1.29, 1.82) is 0 Å². The van der Waals surface area contributed by atoms with Crippen LogP contribution >= 0.6 is 11.6 Å². The van der Waals surface area contributed by atoms with Crippen molar-refractivity contribution in [3.63, 3.8) is 0 Å². The van der Waals surface area contributed by atoms with Crippen LogP contribution < -0.4 is 0 Å². The molecule has 0 aliphatic carbocycles. The number of aryl methyl sites for hydroxylation is 1. The summed E-state index contributed by atoms with van der Waals surface area (Å²) in [6, 6.07) is 1.70. The average Bonchev–Trinajstić information content (AvgIpc) is 2.77. The van der Waals surface area contributed by atoms with E-state index in [1.54, 1.807) is 17.2 Å². The standard InChI is InChI=1S/C13H17ClN2O2/c1-9-6-12(14)11(7-15-9)13(18)16-4-2-10(8-16)3-5-17/h6-7,10,17H,2-5,8H2,1H3. The molecule has 2 rings (SSSR count). The quantitative estimate of drug-likeness (QED) is 0.911. The zero-order chi connectivity index (χ0) is 13.1. The molecule has 1 aromatic rings. The van der Waals surface area contributed by atoms with E-state index in [1.807, 2.05) is 6.92 Å². The van der Waals surface area contributed by atoms with Crippen LogP contribution in [0.5, 0.6) is 0 Å². The van der Waals surface area contributed by atoms with E-state index in [0.29, 0.717) is 23.0 Å². The summed E-state index contributed by atoms with van der Waals surface area (Å²) in [5.74, 6) is 0.337. The van der Waals surface area contributed by atoms with Gasteiger partial charge in [0.2, 0.25) is 0 Å². The molecule has 1 N–H and O–H groups in total. The van der Waals surface area contributed by atoms with Gasteiger partial charge in [-0.15, -0.1) is 0 Å². The molecule has 0 saturated carbocycles. The van der Waals surface area contributed by atoms with Crippen LogP contribution in [0.3, 0.4) is 0 Å². The minimum atomic E-state index is -0.0621. The highest BCUT2D eigenvalue weighted by Crippen LogP contribution is 2.24. The number of aliphatic hydroxyl groups is 1. The predicted molar refractivity (Wildman–Crippen MR) is 69.7 cm³/mol. The van der Waals surface area contributed by atoms with Gasteiger partial charge in [-0.3, -0.25) is 9.78 Å². The summed E-state index contributed by atoms with van der Waals surface area (Å²) in [5, 5.41) is 9.37. The molecular weight excluding hydrogens is 252 g/mol. The second kappa shape index (κ2) is 5.67. The highest BCUT2D eigenvalue weighted by molar-refractivity contribution is 6.33. The number of hydrogen-bond donors (Lipinski definition) is 1. The van der Waals surface area contributed by atoms with E-state index in [9.17, 15) is 4.79 Å². The van der Waals surface area contributed by atoms with Crippen LogP contribution in [0, 0.1) is 12.8 Å². The first kappa shape index (κ1) is 13.3. The molecule has 1 aliphatic heterocycles. The summed E-state index contributed by atoms with van der Waals surface area (Å²) in [5.41, 5.74) is 1.27. The van der Waals surface area contributed by atoms with Gasteiger partial charge in [-0.1, -0.05) is 11.6 Å². The number of likely N-dealkylation sites (tertiary alicyclic amines) is 1. The lowest BCUT2D eigenvalue weighted by Gasteiger charge is -2.17. The van der Waals surface area contributed by atoms with Crippen molar-refractivity contribution in [3.05, 3.63) is 28.5 Å². The van der Waals surface area contributed by atoms with Gasteiger partial charge >= 0.3 is 0 Å². The van der Waals surface area contributed by atoms with E-state index in [2.05, 4.69) is 4.98 Å². The Bertz CT molecular complexity index is 451. The lowest BCUT2D eigenvalue weighted by atomic mass is 10.1. The third-order valence-electron chi connectivity index (χ3n) is 3.33. The van der Waals surface area contributed by atoms with Crippen LogP contribution in [0.2, 0.25) is 5.02 Å². The molecule has 0 spiro atoms. The third-order valence-corrected chi connectivity index (χ3v) is 3.64. The van der Waals surface area contributed by atoms with Crippen molar-refractivity contribution in [2.24, 2.45) is 5.92 Å². The molecule has 1 aliphatic rings. The Morgan fingerprint density at radius 1 is 1.67 bits per heavy atom. The first-order valence-corrected chi connectivity index (χ1v) is 6.52. The number of amides is 1. The SMILES string of the molecule is Cc1cc(Cl)c(C(=O)N2CCC(CCO)C2)cn1. The van der Waals surface area contributed by atoms with Crippen molar-refractivity contribution in [1.82, 2.24) is 9.88 Å². The summed E-state index contributed by atoms with van der Waals surface area (Å²) in [7, 11) is 0. The van der Waals surface area contributed by atoms with Crippen LogP contribution in [0.15, 0.2) is 12.3 Å². The van der Waals surface area contributed by atoms with Gasteiger partial charge in [0.25, 0.3) is 5.91 Å². The Labute approximate surface area is 112 Å². The number of halogens is 1. The number of pyridine rings is 1. The van der Waals surface area contributed by atoms with Gasteiger partial charge in [0.1, 0.15) is 0 Å². The summed E-state index contributed by atoms with van der Waals surface area (Å²) in [4.78, 5) is 18.2. The largest absolute Gasteiger partial charge is 0.396 e. The van der Waals surface area contributed by atoms with Crippen molar-refractivity contribution >= 4 is 17.5 Å². The molecule has 1 aromatic heterocycles. The molecule has 0 aromatic carbocycles. The van der Waals surface area contributed by atoms with Crippen LogP contribution in [0.25, 0.3) is 0 Å². The third kappa shape index (κ3) is 2.82. The highest BCUT2D eigenvalue weighted by atomic mass is 35.5. The maximum Gasteiger partial charge on any atom is 0.256 e. The van der Waals surface area contributed by atoms with Gasteiger partial charge < -0.3 is 10.0 Å². The number of carbonyl (C=O) groups is 1. The van der Waals surface area contributed by atoms with Gasteiger partial charge in [0, 0.05) is 31.6 Å². The van der Waals surface area contributed by atoms with E-state index >= 15 is 0 Å². The van der Waals surface area contributed by atoms with Gasteiger partial charge in [-0.05, 0) is 31.7 Å². The van der Waals surface area contributed by atoms with Crippen molar-refractivity contribution in [2.75, 3.05) is 19.7 Å². The summed E-state index contributed by atoms with van der Waals surface area (Å²) in [6.45, 7) is 3.45. The fourth-order valence-corrected chi connectivity index (χ4v) is 2.58. The van der Waals surface area contributed by atoms with Crippen molar-refractivity contribution in [3.8, 4) is 0 Å². The van der Waals surface area contributed by atoms with Crippen molar-refractivity contribution in [2.45, 2.75) is 19.8 Å². The molecular formula is C13H17ClN2O2. The second-order valence-corrected chi connectivity index (χ2v) is 5.13. The molecule has 0 radical (unpaired) electrons. The molecule has 1 fully saturated rings. The number of carbonyl (C=O) groups excluding carboxylic acids is 1. The molecule has 5 heteroatoms. The molecule has 18 heavy (non-hydrogen) atoms. The van der Waals surface area contributed by atoms with Crippen LogP contribution in [0.1, 0.15) is 28.9 Å². The Balaban J connectivity index is 2.08. The second-order valence-electron chi connectivity index (χ2n) is 4.72. The fourth-order valence-electron chi connectivity index (χ4n) is 2.29. The number of rotatable bonds is 3. The molecule has 4 nitrogen and oxygen atoms in total. The molecule has 98 valence electrons. The lowest BCUT2D eigenvalue weighted by Crippen LogP contribution is -2.29. The van der Waals surface area contributed by atoms with Gasteiger partial charge in [-0.25, -0.2) is 0 Å². The average molecular weight is 269 g/mol. The zero-order valence-corrected chi connectivity index (χ0v) is 11.2. The number of aliphatic hydroxyl groups excluding tert-OH is 1. The number of hydrogen-bond acceptors (Lipinski definition) is 3. The molecule has 2 heterocycles. The van der Waals surface area contributed by atoms with E-state index in [-0.39, 0.29) is 12.5 Å². The summed E-state index contributed by atoms with van der Waals surface area (Å²) in [6.07, 6.45) is 3.24. The first-order chi connectivity index (χ1) is 8.61. The molecule has 1 atom stereocenters. The highest BCUT2D eigenvalue weighted by Gasteiger charge is 2.27. The van der Waals surface area contributed by atoms with Crippen LogP contribution in [-0.4, -0.2) is 40.6 Å². The topological polar surface area (TPSA) is 53.4 Å². The normalized spacial score (nSPS) is 19.3. The lowest BCUT2D eigenvalue weighted by molar-refractivity contribution is 0.0784. The predicted octanol–water partition coefficient (Wildman–Crippen LogP) is 1.89. The minimum absolute atomic E-state index is 0.0621. The number of nitrogens with zero attached hydrogens (tertiary/aromatic N) is 2. The first-order valence-electron chi connectivity index (χ1n) is 6.14. The van der Waals surface area contributed by atoms with Crippen LogP contribution in [-0.2, 0) is 0 Å².